The molecule has 0 aliphatic carbocycles. The third-order valence-corrected chi connectivity index (χ3v) is 6.71. The van der Waals surface area contributed by atoms with E-state index in [1.54, 1.807) is 11.8 Å². The van der Waals surface area contributed by atoms with E-state index in [2.05, 4.69) is 23.1 Å². The van der Waals surface area contributed by atoms with Gasteiger partial charge in [0.25, 0.3) is 0 Å². The lowest BCUT2D eigenvalue weighted by Crippen LogP contribution is -2.26. The summed E-state index contributed by atoms with van der Waals surface area (Å²) in [6.45, 7) is 4.74. The number of amides is 1. The fourth-order valence-electron chi connectivity index (χ4n) is 4.85. The SMILES string of the molecule is CCOC(=O)N(c1ccccc1)c1ccc(OC2CCN(Cc3ccc4ccc(C(=N)N)cc4c3)C2)cc1. The first kappa shape index (κ1) is 25.3. The Morgan fingerprint density at radius 3 is 2.45 bits per heavy atom. The van der Waals surface area contributed by atoms with Crippen molar-refractivity contribution >= 4 is 34.1 Å². The van der Waals surface area contributed by atoms with Gasteiger partial charge in [-0.3, -0.25) is 10.3 Å². The lowest BCUT2D eigenvalue weighted by molar-refractivity contribution is 0.162. The van der Waals surface area contributed by atoms with Crippen molar-refractivity contribution in [1.29, 1.82) is 5.41 Å². The van der Waals surface area contributed by atoms with Gasteiger partial charge in [-0.15, -0.1) is 0 Å². The molecule has 0 saturated carbocycles. The van der Waals surface area contributed by atoms with E-state index in [1.807, 2.05) is 72.8 Å². The van der Waals surface area contributed by atoms with Crippen LogP contribution in [0.3, 0.4) is 0 Å². The van der Waals surface area contributed by atoms with Crippen molar-refractivity contribution in [2.75, 3.05) is 24.6 Å². The molecule has 1 unspecified atom stereocenters. The van der Waals surface area contributed by atoms with Crippen LogP contribution in [-0.4, -0.2) is 42.6 Å². The van der Waals surface area contributed by atoms with Crippen LogP contribution in [0.25, 0.3) is 10.8 Å². The molecular formula is C31H32N4O3. The van der Waals surface area contributed by atoms with E-state index in [0.29, 0.717) is 6.61 Å². The van der Waals surface area contributed by atoms with E-state index in [-0.39, 0.29) is 11.9 Å². The first-order chi connectivity index (χ1) is 18.5. The molecule has 194 valence electrons. The Balaban J connectivity index is 1.22. The second-order valence-electron chi connectivity index (χ2n) is 9.44. The smallest absolute Gasteiger partial charge is 0.418 e. The topological polar surface area (TPSA) is 91.9 Å². The number of fused-ring (bicyclic) bond motifs is 1. The second-order valence-corrected chi connectivity index (χ2v) is 9.44. The number of nitrogens with two attached hydrogens (primary N) is 1. The summed E-state index contributed by atoms with van der Waals surface area (Å²) in [6, 6.07) is 29.4. The van der Waals surface area contributed by atoms with Crippen LogP contribution in [0, 0.1) is 5.41 Å². The molecule has 1 aliphatic heterocycles. The Labute approximate surface area is 222 Å². The van der Waals surface area contributed by atoms with Gasteiger partial charge in [-0.1, -0.05) is 42.5 Å². The Morgan fingerprint density at radius 1 is 0.974 bits per heavy atom. The summed E-state index contributed by atoms with van der Waals surface area (Å²) in [5.41, 5.74) is 9.10. The quantitative estimate of drug-likeness (QED) is 0.223. The van der Waals surface area contributed by atoms with Gasteiger partial charge in [0.2, 0.25) is 0 Å². The molecule has 4 aromatic rings. The van der Waals surface area contributed by atoms with E-state index in [4.69, 9.17) is 20.6 Å². The van der Waals surface area contributed by atoms with Crippen LogP contribution in [0.1, 0.15) is 24.5 Å². The summed E-state index contributed by atoms with van der Waals surface area (Å²) in [6.07, 6.45) is 0.633. The summed E-state index contributed by atoms with van der Waals surface area (Å²) >= 11 is 0. The van der Waals surface area contributed by atoms with E-state index < -0.39 is 6.09 Å². The number of para-hydroxylation sites is 1. The van der Waals surface area contributed by atoms with Gasteiger partial charge in [0.05, 0.1) is 18.0 Å². The Morgan fingerprint density at radius 2 is 1.71 bits per heavy atom. The number of amidine groups is 1. The molecule has 1 atom stereocenters. The Bertz CT molecular complexity index is 1420. The normalized spacial score (nSPS) is 15.3. The lowest BCUT2D eigenvalue weighted by atomic mass is 10.0. The maximum Gasteiger partial charge on any atom is 0.418 e. The van der Waals surface area contributed by atoms with Crippen LogP contribution < -0.4 is 15.4 Å². The monoisotopic (exact) mass is 508 g/mol. The van der Waals surface area contributed by atoms with Crippen LogP contribution in [0.15, 0.2) is 91.0 Å². The van der Waals surface area contributed by atoms with Crippen molar-refractivity contribution in [2.24, 2.45) is 5.73 Å². The van der Waals surface area contributed by atoms with E-state index in [0.717, 1.165) is 59.5 Å². The molecule has 5 rings (SSSR count). The van der Waals surface area contributed by atoms with Crippen molar-refractivity contribution in [3.63, 3.8) is 0 Å². The van der Waals surface area contributed by atoms with E-state index >= 15 is 0 Å². The number of carbonyl (C=O) groups is 1. The zero-order valence-corrected chi connectivity index (χ0v) is 21.5. The van der Waals surface area contributed by atoms with E-state index in [1.165, 1.54) is 5.56 Å². The first-order valence-corrected chi connectivity index (χ1v) is 12.9. The van der Waals surface area contributed by atoms with Gasteiger partial charge in [-0.2, -0.15) is 0 Å². The standard InChI is InChI=1S/C31H32N4O3/c1-2-37-31(36)35(26-6-4-3-5-7-26)27-12-14-28(15-13-27)38-29-16-17-34(21-29)20-22-8-9-23-10-11-24(30(32)33)19-25(23)18-22/h3-15,18-19,29H,2,16-17,20-21H2,1H3,(H3,32,33). The van der Waals surface area contributed by atoms with Crippen LogP contribution in [0.4, 0.5) is 16.2 Å². The van der Waals surface area contributed by atoms with Gasteiger partial charge in [0, 0.05) is 25.2 Å². The molecular weight excluding hydrogens is 476 g/mol. The molecule has 7 nitrogen and oxygen atoms in total. The Hall–Kier alpha value is -4.36. The predicted octanol–water partition coefficient (Wildman–Crippen LogP) is 6.07. The average molecular weight is 509 g/mol. The molecule has 1 heterocycles. The molecule has 1 saturated heterocycles. The minimum Gasteiger partial charge on any atom is -0.489 e. The number of likely N-dealkylation sites (tertiary alicyclic amines) is 1. The van der Waals surface area contributed by atoms with Crippen LogP contribution >= 0.6 is 0 Å². The van der Waals surface area contributed by atoms with Crippen LogP contribution in [0.5, 0.6) is 5.75 Å². The van der Waals surface area contributed by atoms with Crippen molar-refractivity contribution in [3.05, 3.63) is 102 Å². The minimum atomic E-state index is -0.412. The Kier molecular flexibility index (Phi) is 7.56. The molecule has 7 heteroatoms. The highest BCUT2D eigenvalue weighted by Crippen LogP contribution is 2.29. The summed E-state index contributed by atoms with van der Waals surface area (Å²) < 4.78 is 11.6. The number of hydrogen-bond acceptors (Lipinski definition) is 5. The molecule has 1 fully saturated rings. The molecule has 4 aromatic carbocycles. The first-order valence-electron chi connectivity index (χ1n) is 12.9. The highest BCUT2D eigenvalue weighted by Gasteiger charge is 2.25. The second kappa shape index (κ2) is 11.4. The summed E-state index contributed by atoms with van der Waals surface area (Å²) in [4.78, 5) is 16.6. The third kappa shape index (κ3) is 5.79. The van der Waals surface area contributed by atoms with Crippen LogP contribution in [0.2, 0.25) is 0 Å². The van der Waals surface area contributed by atoms with Gasteiger partial charge in [-0.25, -0.2) is 9.69 Å². The highest BCUT2D eigenvalue weighted by atomic mass is 16.6. The minimum absolute atomic E-state index is 0.0820. The molecule has 1 aliphatic rings. The molecule has 3 N–H and O–H groups in total. The van der Waals surface area contributed by atoms with Gasteiger partial charge in [0.15, 0.2) is 0 Å². The number of benzene rings is 4. The summed E-state index contributed by atoms with van der Waals surface area (Å²) in [5, 5.41) is 9.93. The van der Waals surface area contributed by atoms with Crippen molar-refractivity contribution in [1.82, 2.24) is 4.90 Å². The highest BCUT2D eigenvalue weighted by molar-refractivity contribution is 5.99. The zero-order chi connectivity index (χ0) is 26.5. The summed E-state index contributed by atoms with van der Waals surface area (Å²) in [5.74, 6) is 0.860. The number of hydrogen-bond donors (Lipinski definition) is 2. The molecule has 0 aromatic heterocycles. The molecule has 0 radical (unpaired) electrons. The molecule has 0 bridgehead atoms. The maximum absolute atomic E-state index is 12.7. The number of carbonyl (C=O) groups excluding carboxylic acids is 1. The third-order valence-electron chi connectivity index (χ3n) is 6.71. The lowest BCUT2D eigenvalue weighted by Gasteiger charge is -2.22. The average Bonchev–Trinajstić information content (AvgIpc) is 3.36. The van der Waals surface area contributed by atoms with Gasteiger partial charge < -0.3 is 15.2 Å². The van der Waals surface area contributed by atoms with Gasteiger partial charge in [0.1, 0.15) is 17.7 Å². The number of rotatable bonds is 8. The fourth-order valence-corrected chi connectivity index (χ4v) is 4.85. The van der Waals surface area contributed by atoms with E-state index in [9.17, 15) is 4.79 Å². The molecule has 1 amide bonds. The number of nitrogens with one attached hydrogen (secondary N) is 1. The number of anilines is 2. The maximum atomic E-state index is 12.7. The predicted molar refractivity (Wildman–Crippen MR) is 151 cm³/mol. The largest absolute Gasteiger partial charge is 0.489 e. The number of ether oxygens (including phenoxy) is 2. The van der Waals surface area contributed by atoms with Crippen LogP contribution in [-0.2, 0) is 11.3 Å². The van der Waals surface area contributed by atoms with Crippen molar-refractivity contribution in [2.45, 2.75) is 26.0 Å². The summed E-state index contributed by atoms with van der Waals surface area (Å²) in [7, 11) is 0. The van der Waals surface area contributed by atoms with Crippen molar-refractivity contribution in [3.8, 4) is 5.75 Å². The number of nitrogens with zero attached hydrogens (tertiary/aromatic N) is 2. The zero-order valence-electron chi connectivity index (χ0n) is 21.5. The molecule has 38 heavy (non-hydrogen) atoms. The fraction of sp³-hybridized carbons (Fsp3) is 0.226. The van der Waals surface area contributed by atoms with Gasteiger partial charge >= 0.3 is 6.09 Å². The number of nitrogen functional groups attached to an aromatic ring is 1. The van der Waals surface area contributed by atoms with Crippen molar-refractivity contribution < 1.29 is 14.3 Å². The van der Waals surface area contributed by atoms with Gasteiger partial charge in [-0.05, 0) is 78.2 Å². The molecule has 0 spiro atoms.